The fourth-order valence-corrected chi connectivity index (χ4v) is 2.09. The highest BCUT2D eigenvalue weighted by Gasteiger charge is 2.33. The van der Waals surface area contributed by atoms with Gasteiger partial charge in [-0.1, -0.05) is 18.2 Å². The lowest BCUT2D eigenvalue weighted by Crippen LogP contribution is -2.06. The topological polar surface area (TPSA) is 43.3 Å². The summed E-state index contributed by atoms with van der Waals surface area (Å²) < 4.78 is 40.6. The van der Waals surface area contributed by atoms with Crippen LogP contribution < -0.4 is 5.73 Å². The maximum absolute atomic E-state index is 13.0. The molecule has 102 valence electrons. The summed E-state index contributed by atoms with van der Waals surface area (Å²) in [4.78, 5) is 4.21. The molecule has 0 aliphatic heterocycles. The van der Waals surface area contributed by atoms with Gasteiger partial charge in [0.2, 0.25) is 0 Å². The van der Waals surface area contributed by atoms with Crippen LogP contribution in [0.4, 0.5) is 18.9 Å². The van der Waals surface area contributed by atoms with Crippen molar-refractivity contribution in [1.29, 1.82) is 0 Å². The molecule has 2 heterocycles. The van der Waals surface area contributed by atoms with E-state index in [9.17, 15) is 13.2 Å². The Balaban J connectivity index is 2.21. The smallest absolute Gasteiger partial charge is 0.398 e. The highest BCUT2D eigenvalue weighted by Crippen LogP contribution is 2.36. The molecule has 0 aliphatic carbocycles. The Labute approximate surface area is 112 Å². The maximum atomic E-state index is 13.0. The number of rotatable bonds is 1. The lowest BCUT2D eigenvalue weighted by atomic mass is 10.1. The van der Waals surface area contributed by atoms with Crippen molar-refractivity contribution in [3.63, 3.8) is 0 Å². The van der Waals surface area contributed by atoms with E-state index in [4.69, 9.17) is 5.73 Å². The molecule has 0 spiro atoms. The lowest BCUT2D eigenvalue weighted by molar-refractivity contribution is -0.137. The molecule has 0 unspecified atom stereocenters. The number of imidazole rings is 1. The van der Waals surface area contributed by atoms with E-state index in [1.807, 2.05) is 0 Å². The van der Waals surface area contributed by atoms with E-state index >= 15 is 0 Å². The van der Waals surface area contributed by atoms with Gasteiger partial charge in [0.25, 0.3) is 0 Å². The van der Waals surface area contributed by atoms with Crippen molar-refractivity contribution in [1.82, 2.24) is 9.38 Å². The fraction of sp³-hybridized carbons (Fsp3) is 0.0714. The molecule has 1 aromatic carbocycles. The monoisotopic (exact) mass is 277 g/mol. The Morgan fingerprint density at radius 1 is 1.00 bits per heavy atom. The molecule has 0 aliphatic rings. The number of hydrogen-bond donors (Lipinski definition) is 1. The number of anilines is 1. The van der Waals surface area contributed by atoms with Crippen molar-refractivity contribution in [2.24, 2.45) is 0 Å². The van der Waals surface area contributed by atoms with Crippen LogP contribution in [-0.4, -0.2) is 9.38 Å². The van der Waals surface area contributed by atoms with Crippen molar-refractivity contribution in [2.45, 2.75) is 6.18 Å². The van der Waals surface area contributed by atoms with Crippen LogP contribution in [0.15, 0.2) is 48.8 Å². The molecule has 20 heavy (non-hydrogen) atoms. The van der Waals surface area contributed by atoms with E-state index in [1.165, 1.54) is 18.3 Å². The van der Waals surface area contributed by atoms with Crippen molar-refractivity contribution >= 4 is 11.3 Å². The van der Waals surface area contributed by atoms with E-state index in [-0.39, 0.29) is 11.3 Å². The standard InChI is InChI=1S/C14H10F3N3/c15-14(16,17)11-4-2-1-3-10(11)12-8-20-7-9(18)5-6-13(20)19-12/h1-8H,18H2. The average molecular weight is 277 g/mol. The minimum absolute atomic E-state index is 0.0577. The minimum Gasteiger partial charge on any atom is -0.398 e. The van der Waals surface area contributed by atoms with Gasteiger partial charge in [-0.3, -0.25) is 0 Å². The van der Waals surface area contributed by atoms with E-state index in [1.54, 1.807) is 28.8 Å². The summed E-state index contributed by atoms with van der Waals surface area (Å²) in [5.74, 6) is 0. The van der Waals surface area contributed by atoms with Gasteiger partial charge in [0.15, 0.2) is 0 Å². The van der Waals surface area contributed by atoms with Gasteiger partial charge in [0.05, 0.1) is 11.3 Å². The second-order valence-corrected chi connectivity index (χ2v) is 4.40. The first-order chi connectivity index (χ1) is 9.45. The zero-order valence-corrected chi connectivity index (χ0v) is 10.2. The molecule has 0 bridgehead atoms. The summed E-state index contributed by atoms with van der Waals surface area (Å²) in [6, 6.07) is 8.70. The van der Waals surface area contributed by atoms with Gasteiger partial charge in [-0.15, -0.1) is 0 Å². The molecule has 0 atom stereocenters. The third-order valence-corrected chi connectivity index (χ3v) is 2.98. The first-order valence-electron chi connectivity index (χ1n) is 5.86. The molecule has 6 heteroatoms. The molecule has 0 fully saturated rings. The number of nitrogens with two attached hydrogens (primary N) is 1. The van der Waals surface area contributed by atoms with Crippen LogP contribution in [0.25, 0.3) is 16.9 Å². The molecule has 0 amide bonds. The average Bonchev–Trinajstić information content (AvgIpc) is 2.80. The number of pyridine rings is 1. The molecule has 3 rings (SSSR count). The number of nitrogens with zero attached hydrogens (tertiary/aromatic N) is 2. The fourth-order valence-electron chi connectivity index (χ4n) is 2.09. The first kappa shape index (κ1) is 12.5. The Morgan fingerprint density at radius 2 is 1.75 bits per heavy atom. The Kier molecular flexibility index (Phi) is 2.67. The first-order valence-corrected chi connectivity index (χ1v) is 5.86. The number of halogens is 3. The highest BCUT2D eigenvalue weighted by atomic mass is 19.4. The Morgan fingerprint density at radius 3 is 2.50 bits per heavy atom. The van der Waals surface area contributed by atoms with Crippen LogP contribution >= 0.6 is 0 Å². The van der Waals surface area contributed by atoms with Crippen molar-refractivity contribution < 1.29 is 13.2 Å². The van der Waals surface area contributed by atoms with E-state index in [0.29, 0.717) is 11.3 Å². The van der Waals surface area contributed by atoms with Crippen LogP contribution in [0.1, 0.15) is 5.56 Å². The van der Waals surface area contributed by atoms with E-state index in [2.05, 4.69) is 4.98 Å². The maximum Gasteiger partial charge on any atom is 0.417 e. The van der Waals surface area contributed by atoms with Gasteiger partial charge in [-0.05, 0) is 18.2 Å². The van der Waals surface area contributed by atoms with E-state index in [0.717, 1.165) is 6.07 Å². The molecule has 3 aromatic rings. The summed E-state index contributed by atoms with van der Waals surface area (Å²) in [5.41, 5.74) is 6.34. The zero-order chi connectivity index (χ0) is 14.3. The van der Waals surface area contributed by atoms with Crippen LogP contribution in [0.2, 0.25) is 0 Å². The number of fused-ring (bicyclic) bond motifs is 1. The second-order valence-electron chi connectivity index (χ2n) is 4.40. The van der Waals surface area contributed by atoms with Gasteiger partial charge in [-0.2, -0.15) is 13.2 Å². The van der Waals surface area contributed by atoms with E-state index < -0.39 is 11.7 Å². The third-order valence-electron chi connectivity index (χ3n) is 2.98. The zero-order valence-electron chi connectivity index (χ0n) is 10.2. The van der Waals surface area contributed by atoms with Crippen molar-refractivity contribution in [3.8, 4) is 11.3 Å². The van der Waals surface area contributed by atoms with Gasteiger partial charge in [0, 0.05) is 23.6 Å². The predicted molar refractivity (Wildman–Crippen MR) is 70.0 cm³/mol. The van der Waals surface area contributed by atoms with Crippen LogP contribution in [0, 0.1) is 0 Å². The highest BCUT2D eigenvalue weighted by molar-refractivity contribution is 5.67. The molecule has 2 N–H and O–H groups in total. The molecule has 0 saturated carbocycles. The van der Waals surface area contributed by atoms with Gasteiger partial charge in [-0.25, -0.2) is 4.98 Å². The van der Waals surface area contributed by atoms with Gasteiger partial charge >= 0.3 is 6.18 Å². The van der Waals surface area contributed by atoms with Crippen molar-refractivity contribution in [2.75, 3.05) is 5.73 Å². The van der Waals surface area contributed by atoms with Crippen LogP contribution in [-0.2, 0) is 6.18 Å². The summed E-state index contributed by atoms with van der Waals surface area (Å²) in [6.45, 7) is 0. The molecular weight excluding hydrogens is 267 g/mol. The van der Waals surface area contributed by atoms with Crippen LogP contribution in [0.5, 0.6) is 0 Å². The SMILES string of the molecule is Nc1ccc2nc(-c3ccccc3C(F)(F)F)cn2c1. The number of nitrogen functional groups attached to an aromatic ring is 1. The summed E-state index contributed by atoms with van der Waals surface area (Å²) in [5, 5.41) is 0. The quantitative estimate of drug-likeness (QED) is 0.738. The molecule has 0 saturated heterocycles. The molecule has 3 nitrogen and oxygen atoms in total. The van der Waals surface area contributed by atoms with Crippen molar-refractivity contribution in [3.05, 3.63) is 54.4 Å². The minimum atomic E-state index is -4.41. The molecule has 0 radical (unpaired) electrons. The number of hydrogen-bond acceptors (Lipinski definition) is 2. The Bertz CT molecular complexity index is 775. The normalized spacial score (nSPS) is 11.9. The Hall–Kier alpha value is -2.50. The summed E-state index contributed by atoms with van der Waals surface area (Å²) in [7, 11) is 0. The second kappa shape index (κ2) is 4.26. The molecule has 2 aromatic heterocycles. The molecular formula is C14H10F3N3. The number of benzene rings is 1. The third kappa shape index (κ3) is 2.09. The largest absolute Gasteiger partial charge is 0.417 e. The van der Waals surface area contributed by atoms with Gasteiger partial charge in [0.1, 0.15) is 5.65 Å². The summed E-state index contributed by atoms with van der Waals surface area (Å²) >= 11 is 0. The van der Waals surface area contributed by atoms with Crippen LogP contribution in [0.3, 0.4) is 0 Å². The lowest BCUT2D eigenvalue weighted by Gasteiger charge is -2.10. The number of aromatic nitrogens is 2. The van der Waals surface area contributed by atoms with Gasteiger partial charge < -0.3 is 10.1 Å². The number of alkyl halides is 3. The summed E-state index contributed by atoms with van der Waals surface area (Å²) in [6.07, 6.45) is -1.26. The predicted octanol–water partition coefficient (Wildman–Crippen LogP) is 3.60.